The topological polar surface area (TPSA) is 66.9 Å². The molecule has 9 heteroatoms. The van der Waals surface area contributed by atoms with E-state index in [-0.39, 0.29) is 5.91 Å². The molecule has 2 heterocycles. The minimum atomic E-state index is -4.38. The normalized spacial score (nSPS) is 11.2. The van der Waals surface area contributed by atoms with E-state index in [1.54, 1.807) is 18.5 Å². The molecule has 2 aromatic heterocycles. The molecule has 0 aliphatic rings. The number of anilines is 2. The van der Waals surface area contributed by atoms with Crippen molar-refractivity contribution < 1.29 is 18.0 Å². The summed E-state index contributed by atoms with van der Waals surface area (Å²) in [6, 6.07) is 8.21. The first-order valence-corrected chi connectivity index (χ1v) is 8.31. The number of pyridine rings is 1. The van der Waals surface area contributed by atoms with Gasteiger partial charge in [0.05, 0.1) is 11.8 Å². The van der Waals surface area contributed by atoms with Gasteiger partial charge >= 0.3 is 6.18 Å². The molecule has 0 aliphatic heterocycles. The number of hydrogen-bond donors (Lipinski definition) is 2. The van der Waals surface area contributed by atoms with Gasteiger partial charge in [0.25, 0.3) is 5.91 Å². The average Bonchev–Trinajstić information content (AvgIpc) is 3.09. The third kappa shape index (κ3) is 4.57. The molecule has 0 saturated carbocycles. The number of hydrogen-bond acceptors (Lipinski definition) is 5. The van der Waals surface area contributed by atoms with E-state index < -0.39 is 11.7 Å². The number of nitrogens with one attached hydrogen (secondary N) is 2. The third-order valence-corrected chi connectivity index (χ3v) is 4.28. The highest BCUT2D eigenvalue weighted by molar-refractivity contribution is 7.17. The van der Waals surface area contributed by atoms with E-state index in [1.807, 2.05) is 6.07 Å². The summed E-state index contributed by atoms with van der Waals surface area (Å²) in [4.78, 5) is 20.6. The molecular weight excluding hydrogens is 365 g/mol. The first-order valence-electron chi connectivity index (χ1n) is 7.49. The zero-order valence-corrected chi connectivity index (χ0v) is 14.1. The molecule has 0 fully saturated rings. The molecule has 1 aromatic carbocycles. The van der Waals surface area contributed by atoms with Gasteiger partial charge in [0, 0.05) is 24.6 Å². The lowest BCUT2D eigenvalue weighted by atomic mass is 10.2. The van der Waals surface area contributed by atoms with E-state index in [2.05, 4.69) is 20.6 Å². The van der Waals surface area contributed by atoms with Gasteiger partial charge in [0.15, 0.2) is 5.13 Å². The number of benzene rings is 1. The molecule has 0 spiro atoms. The van der Waals surface area contributed by atoms with Crippen molar-refractivity contribution >= 4 is 28.1 Å². The van der Waals surface area contributed by atoms with Gasteiger partial charge in [-0.2, -0.15) is 13.2 Å². The molecule has 0 unspecified atom stereocenters. The van der Waals surface area contributed by atoms with Crippen molar-refractivity contribution in [1.82, 2.24) is 15.3 Å². The predicted octanol–water partition coefficient (Wildman–Crippen LogP) is 4.23. The van der Waals surface area contributed by atoms with E-state index in [4.69, 9.17) is 0 Å². The van der Waals surface area contributed by atoms with Crippen LogP contribution in [0.3, 0.4) is 0 Å². The second-order valence-corrected chi connectivity index (χ2v) is 6.30. The van der Waals surface area contributed by atoms with E-state index in [9.17, 15) is 18.0 Å². The molecule has 0 atom stereocenters. The highest BCUT2D eigenvalue weighted by Crippen LogP contribution is 2.30. The van der Waals surface area contributed by atoms with E-state index in [0.29, 0.717) is 22.2 Å². The SMILES string of the molecule is O=C(NCc1cccnc1)c1cnc(Nc2ccc(C(F)(F)F)cc2)s1. The van der Waals surface area contributed by atoms with Crippen LogP contribution in [-0.2, 0) is 12.7 Å². The Balaban J connectivity index is 1.60. The van der Waals surface area contributed by atoms with Crippen LogP contribution < -0.4 is 10.6 Å². The van der Waals surface area contributed by atoms with Gasteiger partial charge in [-0.05, 0) is 35.9 Å². The number of aromatic nitrogens is 2. The summed E-state index contributed by atoms with van der Waals surface area (Å²) >= 11 is 1.11. The van der Waals surface area contributed by atoms with Crippen molar-refractivity contribution in [2.45, 2.75) is 12.7 Å². The lowest BCUT2D eigenvalue weighted by molar-refractivity contribution is -0.137. The maximum absolute atomic E-state index is 12.6. The predicted molar refractivity (Wildman–Crippen MR) is 92.2 cm³/mol. The quantitative estimate of drug-likeness (QED) is 0.697. The molecular formula is C17H13F3N4OS. The molecule has 1 amide bonds. The smallest absolute Gasteiger partial charge is 0.347 e. The number of halogens is 3. The van der Waals surface area contributed by atoms with Gasteiger partial charge in [-0.3, -0.25) is 9.78 Å². The second kappa shape index (κ2) is 7.52. The van der Waals surface area contributed by atoms with Gasteiger partial charge in [-0.1, -0.05) is 17.4 Å². The molecule has 3 aromatic rings. The summed E-state index contributed by atoms with van der Waals surface area (Å²) < 4.78 is 37.7. The van der Waals surface area contributed by atoms with Crippen LogP contribution in [-0.4, -0.2) is 15.9 Å². The van der Waals surface area contributed by atoms with E-state index >= 15 is 0 Å². The fraction of sp³-hybridized carbons (Fsp3) is 0.118. The first kappa shape index (κ1) is 17.9. The molecule has 0 saturated heterocycles. The van der Waals surface area contributed by atoms with Crippen LogP contribution in [0.5, 0.6) is 0 Å². The first-order chi connectivity index (χ1) is 12.4. The highest BCUT2D eigenvalue weighted by Gasteiger charge is 2.29. The Kier molecular flexibility index (Phi) is 5.17. The number of amides is 1. The Hall–Kier alpha value is -2.94. The number of alkyl halides is 3. The van der Waals surface area contributed by atoms with Crippen LogP contribution in [0.4, 0.5) is 24.0 Å². The minimum absolute atomic E-state index is 0.285. The lowest BCUT2D eigenvalue weighted by Crippen LogP contribution is -2.21. The average molecular weight is 378 g/mol. The number of nitrogens with zero attached hydrogens (tertiary/aromatic N) is 2. The Morgan fingerprint density at radius 3 is 2.54 bits per heavy atom. The van der Waals surface area contributed by atoms with Crippen molar-refractivity contribution in [3.05, 3.63) is 71.0 Å². The zero-order valence-electron chi connectivity index (χ0n) is 13.2. The van der Waals surface area contributed by atoms with Gasteiger partial charge in [0.2, 0.25) is 0 Å². The van der Waals surface area contributed by atoms with Crippen LogP contribution in [0.15, 0.2) is 55.0 Å². The fourth-order valence-corrected chi connectivity index (χ4v) is 2.83. The van der Waals surface area contributed by atoms with Crippen LogP contribution in [0.25, 0.3) is 0 Å². The fourth-order valence-electron chi connectivity index (χ4n) is 2.08. The molecule has 0 radical (unpaired) electrons. The standard InChI is InChI=1S/C17H13F3N4OS/c18-17(19,20)12-3-5-13(6-4-12)24-16-23-10-14(26-16)15(25)22-9-11-2-1-7-21-8-11/h1-8,10H,9H2,(H,22,25)(H,23,24). The number of carbonyl (C=O) groups is 1. The summed E-state index contributed by atoms with van der Waals surface area (Å²) in [6.45, 7) is 0.340. The Morgan fingerprint density at radius 2 is 1.88 bits per heavy atom. The number of thiazole rings is 1. The van der Waals surface area contributed by atoms with Crippen LogP contribution in [0.2, 0.25) is 0 Å². The largest absolute Gasteiger partial charge is 0.416 e. The minimum Gasteiger partial charge on any atom is -0.347 e. The van der Waals surface area contributed by atoms with Crippen molar-refractivity contribution in [3.63, 3.8) is 0 Å². The van der Waals surface area contributed by atoms with E-state index in [0.717, 1.165) is 29.0 Å². The molecule has 5 nitrogen and oxygen atoms in total. The Labute approximate surface area is 150 Å². The zero-order chi connectivity index (χ0) is 18.6. The molecule has 2 N–H and O–H groups in total. The highest BCUT2D eigenvalue weighted by atomic mass is 32.1. The van der Waals surface area contributed by atoms with Crippen molar-refractivity contribution in [1.29, 1.82) is 0 Å². The van der Waals surface area contributed by atoms with Crippen molar-refractivity contribution in [2.75, 3.05) is 5.32 Å². The lowest BCUT2D eigenvalue weighted by Gasteiger charge is -2.07. The summed E-state index contributed by atoms with van der Waals surface area (Å²) in [5.41, 5.74) is 0.598. The van der Waals surface area contributed by atoms with Gasteiger partial charge < -0.3 is 10.6 Å². The Morgan fingerprint density at radius 1 is 1.12 bits per heavy atom. The number of rotatable bonds is 5. The summed E-state index contributed by atoms with van der Waals surface area (Å²) in [7, 11) is 0. The Bertz CT molecular complexity index is 879. The molecule has 0 bridgehead atoms. The summed E-state index contributed by atoms with van der Waals surface area (Å²) in [5, 5.41) is 6.05. The van der Waals surface area contributed by atoms with Crippen LogP contribution in [0, 0.1) is 0 Å². The summed E-state index contributed by atoms with van der Waals surface area (Å²) in [6.07, 6.45) is 0.340. The van der Waals surface area contributed by atoms with Crippen molar-refractivity contribution in [2.24, 2.45) is 0 Å². The molecule has 3 rings (SSSR count). The van der Waals surface area contributed by atoms with Crippen molar-refractivity contribution in [3.8, 4) is 0 Å². The number of carbonyl (C=O) groups excluding carboxylic acids is 1. The molecule has 134 valence electrons. The van der Waals surface area contributed by atoms with Gasteiger partial charge in [-0.25, -0.2) is 4.98 Å². The molecule has 0 aliphatic carbocycles. The summed E-state index contributed by atoms with van der Waals surface area (Å²) in [5.74, 6) is -0.285. The maximum atomic E-state index is 12.6. The maximum Gasteiger partial charge on any atom is 0.416 e. The van der Waals surface area contributed by atoms with E-state index in [1.165, 1.54) is 18.3 Å². The van der Waals surface area contributed by atoms with Crippen LogP contribution in [0.1, 0.15) is 20.8 Å². The monoisotopic (exact) mass is 378 g/mol. The third-order valence-electron chi connectivity index (χ3n) is 3.37. The molecule has 26 heavy (non-hydrogen) atoms. The van der Waals surface area contributed by atoms with Crippen LogP contribution >= 0.6 is 11.3 Å². The van der Waals surface area contributed by atoms with Gasteiger partial charge in [-0.15, -0.1) is 0 Å². The van der Waals surface area contributed by atoms with Gasteiger partial charge in [0.1, 0.15) is 4.88 Å². The second-order valence-electron chi connectivity index (χ2n) is 5.27.